The minimum atomic E-state index is -4.56. The van der Waals surface area contributed by atoms with Gasteiger partial charge in [-0.05, 0) is 61.7 Å². The number of hydrogen-bond donors (Lipinski definition) is 0. The topological polar surface area (TPSA) is 47.1 Å². The largest absolute Gasteiger partial charge is 0.416 e. The predicted octanol–water partition coefficient (Wildman–Crippen LogP) is 5.93. The highest BCUT2D eigenvalue weighted by Gasteiger charge is 2.38. The van der Waals surface area contributed by atoms with E-state index in [0.717, 1.165) is 76.4 Å². The summed E-state index contributed by atoms with van der Waals surface area (Å²) in [7, 11) is 1.58. The molecule has 238 valence electrons. The Kier molecular flexibility index (Phi) is 12.3. The fourth-order valence-corrected chi connectivity index (χ4v) is 6.29. The van der Waals surface area contributed by atoms with E-state index < -0.39 is 17.6 Å². The van der Waals surface area contributed by atoms with Crippen LogP contribution in [0.25, 0.3) is 0 Å². The molecule has 1 atom stereocenters. The van der Waals surface area contributed by atoms with Crippen molar-refractivity contribution in [2.24, 2.45) is 5.92 Å². The molecule has 2 heterocycles. The van der Waals surface area contributed by atoms with Gasteiger partial charge in [0.1, 0.15) is 5.82 Å². The number of benzene rings is 2. The van der Waals surface area contributed by atoms with Crippen LogP contribution in [0.4, 0.5) is 17.6 Å². The van der Waals surface area contributed by atoms with E-state index in [-0.39, 0.29) is 59.0 Å². The molecule has 0 unspecified atom stereocenters. The second-order valence-electron chi connectivity index (χ2n) is 11.5. The van der Waals surface area contributed by atoms with Crippen molar-refractivity contribution in [1.82, 2.24) is 19.6 Å². The van der Waals surface area contributed by atoms with Crippen LogP contribution in [-0.2, 0) is 11.0 Å². The van der Waals surface area contributed by atoms with Crippen molar-refractivity contribution in [2.75, 3.05) is 59.4 Å². The number of alkyl halides is 3. The van der Waals surface area contributed by atoms with Crippen LogP contribution in [-0.4, -0.2) is 96.9 Å². The number of rotatable bonds is 9. The van der Waals surface area contributed by atoms with Crippen LogP contribution in [0.5, 0.6) is 0 Å². The smallest absolute Gasteiger partial charge is 0.341 e. The summed E-state index contributed by atoms with van der Waals surface area (Å²) in [5.74, 6) is -0.399. The number of likely N-dealkylation sites (N-methyl/N-ethyl adjacent to an activating group) is 1. The molecule has 0 N–H and O–H groups in total. The maximum atomic E-state index is 13.6. The summed E-state index contributed by atoms with van der Waals surface area (Å²) in [4.78, 5) is 33.8. The summed E-state index contributed by atoms with van der Waals surface area (Å²) in [6.45, 7) is 6.31. The number of carbonyl (C=O) groups excluding carboxylic acids is 2. The Morgan fingerprint density at radius 3 is 2.21 bits per heavy atom. The van der Waals surface area contributed by atoms with Gasteiger partial charge in [-0.15, -0.1) is 24.8 Å². The Bertz CT molecular complexity index is 1250. The first-order valence-corrected chi connectivity index (χ1v) is 14.9. The van der Waals surface area contributed by atoms with Crippen LogP contribution < -0.4 is 0 Å². The molecule has 1 saturated carbocycles. The lowest BCUT2D eigenvalue weighted by Gasteiger charge is -2.48. The maximum Gasteiger partial charge on any atom is 0.416 e. The van der Waals surface area contributed by atoms with Crippen molar-refractivity contribution in [3.8, 4) is 0 Å². The molecule has 2 aliphatic heterocycles. The molecule has 5 rings (SSSR count). The Morgan fingerprint density at radius 1 is 1.00 bits per heavy atom. The number of carbonyl (C=O) groups is 2. The lowest BCUT2D eigenvalue weighted by molar-refractivity contribution is -0.137. The van der Waals surface area contributed by atoms with Crippen molar-refractivity contribution in [1.29, 1.82) is 0 Å². The van der Waals surface area contributed by atoms with Gasteiger partial charge in [0.05, 0.1) is 5.56 Å². The van der Waals surface area contributed by atoms with Gasteiger partial charge < -0.3 is 14.7 Å². The second-order valence-corrected chi connectivity index (χ2v) is 12.4. The standard InChI is InChI=1S/C30H35BrF4N4O2.2ClH/c1-36(28(40)23-14-24(30(33,34)35)16-25(31)15-23)17-22(20-4-6-26(32)7-5-20)8-9-37-18-27(19-37)38-10-12-39(13-11-38)29(41)21-2-3-21;;/h4-7,14-16,21-22,27H,2-3,8-13,17-19H2,1H3;2*1H/t22-;;/m1../s1. The quantitative estimate of drug-likeness (QED) is 0.303. The molecule has 0 bridgehead atoms. The van der Waals surface area contributed by atoms with Gasteiger partial charge in [-0.2, -0.15) is 13.2 Å². The molecular weight excluding hydrogens is 675 g/mol. The van der Waals surface area contributed by atoms with Crippen LogP contribution in [0.3, 0.4) is 0 Å². The summed E-state index contributed by atoms with van der Waals surface area (Å²) < 4.78 is 53.8. The lowest BCUT2D eigenvalue weighted by atomic mass is 9.93. The number of hydrogen-bond acceptors (Lipinski definition) is 4. The molecule has 3 aliphatic rings. The molecule has 2 aromatic carbocycles. The first kappa shape index (κ1) is 35.6. The number of likely N-dealkylation sites (tertiary alicyclic amines) is 1. The Labute approximate surface area is 270 Å². The van der Waals surface area contributed by atoms with E-state index in [4.69, 9.17) is 0 Å². The molecule has 13 heteroatoms. The van der Waals surface area contributed by atoms with E-state index in [1.54, 1.807) is 19.2 Å². The summed E-state index contributed by atoms with van der Waals surface area (Å²) in [5.41, 5.74) is -0.0525. The highest BCUT2D eigenvalue weighted by molar-refractivity contribution is 9.10. The molecule has 0 aromatic heterocycles. The number of piperazine rings is 1. The lowest BCUT2D eigenvalue weighted by Crippen LogP contribution is -2.63. The van der Waals surface area contributed by atoms with Crippen molar-refractivity contribution in [2.45, 2.75) is 37.4 Å². The zero-order valence-electron chi connectivity index (χ0n) is 23.9. The monoisotopic (exact) mass is 710 g/mol. The molecule has 3 fully saturated rings. The first-order valence-electron chi connectivity index (χ1n) is 14.1. The summed E-state index contributed by atoms with van der Waals surface area (Å²) in [6, 6.07) is 9.87. The van der Waals surface area contributed by atoms with Gasteiger partial charge in [0, 0.05) is 80.8 Å². The van der Waals surface area contributed by atoms with Crippen LogP contribution in [0.1, 0.15) is 46.7 Å². The average molecular weight is 712 g/mol. The van der Waals surface area contributed by atoms with Crippen LogP contribution in [0, 0.1) is 11.7 Å². The number of nitrogens with zero attached hydrogens (tertiary/aromatic N) is 4. The normalized spacial score (nSPS) is 18.7. The Hall–Kier alpha value is -1.92. The van der Waals surface area contributed by atoms with Gasteiger partial charge in [0.15, 0.2) is 0 Å². The van der Waals surface area contributed by atoms with E-state index >= 15 is 0 Å². The minimum absolute atomic E-state index is 0. The summed E-state index contributed by atoms with van der Waals surface area (Å²) in [6.07, 6.45) is -1.79. The van der Waals surface area contributed by atoms with Crippen LogP contribution in [0.2, 0.25) is 0 Å². The Morgan fingerprint density at radius 2 is 1.63 bits per heavy atom. The molecule has 2 aromatic rings. The van der Waals surface area contributed by atoms with E-state index in [1.165, 1.54) is 23.1 Å². The highest BCUT2D eigenvalue weighted by Crippen LogP contribution is 2.33. The molecule has 2 saturated heterocycles. The SMILES string of the molecule is CN(C[C@@H](CCN1CC(N2CCN(C(=O)C3CC3)CC2)C1)c1ccc(F)cc1)C(=O)c1cc(Br)cc(C(F)(F)F)c1.Cl.Cl. The number of amides is 2. The molecule has 1 aliphatic carbocycles. The van der Waals surface area contributed by atoms with Crippen LogP contribution in [0.15, 0.2) is 46.9 Å². The minimum Gasteiger partial charge on any atom is -0.341 e. The molecular formula is C30H37BrCl2F4N4O2. The van der Waals surface area contributed by atoms with Crippen molar-refractivity contribution in [3.05, 3.63) is 69.4 Å². The summed E-state index contributed by atoms with van der Waals surface area (Å²) >= 11 is 3.09. The maximum absolute atomic E-state index is 13.6. The molecule has 43 heavy (non-hydrogen) atoms. The average Bonchev–Trinajstić information content (AvgIpc) is 3.76. The van der Waals surface area contributed by atoms with Crippen molar-refractivity contribution in [3.63, 3.8) is 0 Å². The Balaban J connectivity index is 0.00000253. The highest BCUT2D eigenvalue weighted by atomic mass is 79.9. The number of halogens is 7. The third-order valence-corrected chi connectivity index (χ3v) is 8.91. The zero-order chi connectivity index (χ0) is 29.3. The fourth-order valence-electron chi connectivity index (χ4n) is 5.80. The van der Waals surface area contributed by atoms with Crippen LogP contribution >= 0.6 is 40.7 Å². The summed E-state index contributed by atoms with van der Waals surface area (Å²) in [5, 5.41) is 0. The third kappa shape index (κ3) is 9.06. The fraction of sp³-hybridized carbons (Fsp3) is 0.533. The van der Waals surface area contributed by atoms with Crippen molar-refractivity contribution >= 4 is 52.6 Å². The molecule has 0 spiro atoms. The first-order chi connectivity index (χ1) is 19.5. The van der Waals surface area contributed by atoms with Gasteiger partial charge in [-0.3, -0.25) is 14.5 Å². The van der Waals surface area contributed by atoms with E-state index in [0.29, 0.717) is 18.4 Å². The second kappa shape index (κ2) is 14.9. The van der Waals surface area contributed by atoms with E-state index in [1.807, 2.05) is 4.90 Å². The van der Waals surface area contributed by atoms with Gasteiger partial charge in [0.25, 0.3) is 5.91 Å². The van der Waals surface area contributed by atoms with E-state index in [2.05, 4.69) is 25.7 Å². The third-order valence-electron chi connectivity index (χ3n) is 8.46. The van der Waals surface area contributed by atoms with Crippen molar-refractivity contribution < 1.29 is 27.2 Å². The van der Waals surface area contributed by atoms with Gasteiger partial charge >= 0.3 is 6.18 Å². The molecule has 6 nitrogen and oxygen atoms in total. The van der Waals surface area contributed by atoms with Gasteiger partial charge in [0.2, 0.25) is 5.91 Å². The van der Waals surface area contributed by atoms with Gasteiger partial charge in [-0.25, -0.2) is 4.39 Å². The predicted molar refractivity (Wildman–Crippen MR) is 165 cm³/mol. The zero-order valence-corrected chi connectivity index (χ0v) is 27.1. The molecule has 0 radical (unpaired) electrons. The molecule has 2 amide bonds. The van der Waals surface area contributed by atoms with E-state index in [9.17, 15) is 27.2 Å². The van der Waals surface area contributed by atoms with Gasteiger partial charge in [-0.1, -0.05) is 28.1 Å².